The summed E-state index contributed by atoms with van der Waals surface area (Å²) in [5, 5.41) is 0. The lowest BCUT2D eigenvalue weighted by molar-refractivity contribution is -0.143. The van der Waals surface area contributed by atoms with Crippen LogP contribution in [0.25, 0.3) is 0 Å². The summed E-state index contributed by atoms with van der Waals surface area (Å²) in [5.41, 5.74) is 6.96. The highest BCUT2D eigenvalue weighted by molar-refractivity contribution is 5.85. The van der Waals surface area contributed by atoms with Crippen LogP contribution in [0.2, 0.25) is 0 Å². The van der Waals surface area contributed by atoms with E-state index in [4.69, 9.17) is 10.5 Å². The van der Waals surface area contributed by atoms with Gasteiger partial charge in [0.05, 0.1) is 12.2 Å². The molecule has 1 aliphatic heterocycles. The molecule has 2 fully saturated rings. The van der Waals surface area contributed by atoms with Gasteiger partial charge in [0, 0.05) is 25.0 Å². The first-order valence-electron chi connectivity index (χ1n) is 9.45. The first-order chi connectivity index (χ1) is 12.1. The van der Waals surface area contributed by atoms with E-state index in [9.17, 15) is 4.79 Å². The van der Waals surface area contributed by atoms with E-state index in [1.165, 1.54) is 5.56 Å². The number of carbonyl (C=O) groups is 1. The number of hydrogen-bond acceptors (Lipinski definition) is 3. The lowest BCUT2D eigenvalue weighted by Crippen LogP contribution is -2.49. The molecule has 1 heterocycles. The minimum Gasteiger partial charge on any atom is -0.370 e. The molecule has 1 amide bonds. The summed E-state index contributed by atoms with van der Waals surface area (Å²) in [6.45, 7) is 6.06. The zero-order chi connectivity index (χ0) is 17.7. The Morgan fingerprint density at radius 3 is 2.54 bits per heavy atom. The van der Waals surface area contributed by atoms with E-state index in [0.29, 0.717) is 12.5 Å². The topological polar surface area (TPSA) is 55.6 Å². The van der Waals surface area contributed by atoms with E-state index in [1.54, 1.807) is 0 Å². The van der Waals surface area contributed by atoms with Gasteiger partial charge in [0.25, 0.3) is 0 Å². The first kappa shape index (κ1) is 20.9. The molecule has 2 aliphatic rings. The third-order valence-electron chi connectivity index (χ3n) is 5.71. The average molecular weight is 379 g/mol. The highest BCUT2D eigenvalue weighted by Gasteiger charge is 2.38. The average Bonchev–Trinajstić information content (AvgIpc) is 3.08. The van der Waals surface area contributed by atoms with Crippen LogP contribution in [0.1, 0.15) is 44.1 Å². The van der Waals surface area contributed by atoms with Gasteiger partial charge in [-0.05, 0) is 44.1 Å². The summed E-state index contributed by atoms with van der Waals surface area (Å²) in [6.07, 6.45) is 7.28. The molecule has 1 saturated heterocycles. The number of carbonyl (C=O) groups excluding carboxylic acids is 1. The molecule has 0 radical (unpaired) electrons. The number of nitrogens with two attached hydrogens (primary N) is 1. The number of benzene rings is 1. The van der Waals surface area contributed by atoms with Gasteiger partial charge in [-0.25, -0.2) is 0 Å². The number of ether oxygens (including phenoxy) is 1. The monoisotopic (exact) mass is 378 g/mol. The number of amides is 1. The lowest BCUT2D eigenvalue weighted by atomic mass is 9.87. The maximum Gasteiger partial charge on any atom is 0.225 e. The highest BCUT2D eigenvalue weighted by Crippen LogP contribution is 2.33. The van der Waals surface area contributed by atoms with Crippen LogP contribution in [0.15, 0.2) is 43.0 Å². The predicted octanol–water partition coefficient (Wildman–Crippen LogP) is 3.69. The van der Waals surface area contributed by atoms with E-state index >= 15 is 0 Å². The van der Waals surface area contributed by atoms with Crippen molar-refractivity contribution >= 4 is 18.3 Å². The van der Waals surface area contributed by atoms with E-state index in [-0.39, 0.29) is 30.0 Å². The second kappa shape index (κ2) is 9.54. The molecule has 3 rings (SSSR count). The zero-order valence-electron chi connectivity index (χ0n) is 15.4. The second-order valence-electron chi connectivity index (χ2n) is 7.55. The molecule has 144 valence electrons. The van der Waals surface area contributed by atoms with Gasteiger partial charge in [-0.2, -0.15) is 0 Å². The number of hydrogen-bond donors (Lipinski definition) is 1. The Morgan fingerprint density at radius 1 is 1.27 bits per heavy atom. The van der Waals surface area contributed by atoms with Crippen LogP contribution in [-0.2, 0) is 16.1 Å². The molecule has 0 bridgehead atoms. The van der Waals surface area contributed by atoms with Gasteiger partial charge in [0.1, 0.15) is 0 Å². The van der Waals surface area contributed by atoms with E-state index in [2.05, 4.69) is 18.7 Å². The fraction of sp³-hybridized carbons (Fsp3) is 0.571. The molecular formula is C21H31ClN2O2. The van der Waals surface area contributed by atoms with E-state index in [1.807, 2.05) is 29.2 Å². The molecule has 0 aromatic heterocycles. The van der Waals surface area contributed by atoms with Crippen molar-refractivity contribution in [2.24, 2.45) is 11.7 Å². The minimum atomic E-state index is -0.194. The van der Waals surface area contributed by atoms with Crippen LogP contribution >= 0.6 is 12.4 Å². The predicted molar refractivity (Wildman–Crippen MR) is 107 cm³/mol. The van der Waals surface area contributed by atoms with Crippen LogP contribution in [0.5, 0.6) is 0 Å². The summed E-state index contributed by atoms with van der Waals surface area (Å²) in [5.74, 6) is 0.426. The van der Waals surface area contributed by atoms with Crippen molar-refractivity contribution in [1.82, 2.24) is 4.90 Å². The summed E-state index contributed by atoms with van der Waals surface area (Å²) in [7, 11) is 0. The summed E-state index contributed by atoms with van der Waals surface area (Å²) >= 11 is 0. The molecule has 1 aromatic rings. The third-order valence-corrected chi connectivity index (χ3v) is 5.71. The maximum atomic E-state index is 12.7. The molecule has 1 aromatic carbocycles. The van der Waals surface area contributed by atoms with Crippen molar-refractivity contribution in [3.63, 3.8) is 0 Å². The molecule has 26 heavy (non-hydrogen) atoms. The van der Waals surface area contributed by atoms with Crippen LogP contribution in [0.4, 0.5) is 0 Å². The SMILES string of the molecule is C=CCC1(OCc2ccccc2)CCN(C(=O)[C@H]2CC[C@@H](N)C2)CC1.Cl. The lowest BCUT2D eigenvalue weighted by Gasteiger charge is -2.42. The van der Waals surface area contributed by atoms with Gasteiger partial charge >= 0.3 is 0 Å². The van der Waals surface area contributed by atoms with Gasteiger partial charge in [-0.15, -0.1) is 19.0 Å². The first-order valence-corrected chi connectivity index (χ1v) is 9.45. The number of nitrogens with zero attached hydrogens (tertiary/aromatic N) is 1. The minimum absolute atomic E-state index is 0. The third kappa shape index (κ3) is 5.09. The summed E-state index contributed by atoms with van der Waals surface area (Å²) in [4.78, 5) is 14.7. The molecule has 4 nitrogen and oxygen atoms in total. The van der Waals surface area contributed by atoms with Crippen molar-refractivity contribution in [2.45, 2.75) is 56.8 Å². The Labute approximate surface area is 163 Å². The van der Waals surface area contributed by atoms with Gasteiger partial charge < -0.3 is 15.4 Å². The molecule has 0 unspecified atom stereocenters. The van der Waals surface area contributed by atoms with Crippen LogP contribution in [0.3, 0.4) is 0 Å². The molecule has 1 saturated carbocycles. The fourth-order valence-corrected chi connectivity index (χ4v) is 4.11. The Bertz CT molecular complexity index is 585. The van der Waals surface area contributed by atoms with Crippen molar-refractivity contribution in [3.05, 3.63) is 48.6 Å². The molecular weight excluding hydrogens is 348 g/mol. The zero-order valence-corrected chi connectivity index (χ0v) is 16.3. The van der Waals surface area contributed by atoms with Gasteiger partial charge in [-0.1, -0.05) is 36.4 Å². The molecule has 5 heteroatoms. The number of rotatable bonds is 6. The Morgan fingerprint density at radius 2 is 1.96 bits per heavy atom. The van der Waals surface area contributed by atoms with Crippen molar-refractivity contribution < 1.29 is 9.53 Å². The normalized spacial score (nSPS) is 24.7. The highest BCUT2D eigenvalue weighted by atomic mass is 35.5. The van der Waals surface area contributed by atoms with E-state index < -0.39 is 0 Å². The number of likely N-dealkylation sites (tertiary alicyclic amines) is 1. The van der Waals surface area contributed by atoms with Crippen molar-refractivity contribution in [3.8, 4) is 0 Å². The van der Waals surface area contributed by atoms with Gasteiger partial charge in [0.15, 0.2) is 0 Å². The Kier molecular flexibility index (Phi) is 7.69. The van der Waals surface area contributed by atoms with Crippen LogP contribution < -0.4 is 5.73 Å². The number of halogens is 1. The van der Waals surface area contributed by atoms with Gasteiger partial charge in [0.2, 0.25) is 5.91 Å². The molecule has 2 atom stereocenters. The number of piperidine rings is 1. The standard InChI is InChI=1S/C21H30N2O2.ClH/c1-2-10-21(25-16-17-6-4-3-5-7-17)11-13-23(14-12-21)20(24)18-8-9-19(22)15-18;/h2-7,18-19H,1,8-16,22H2;1H/t18-,19+;/m0./s1. The Hall–Kier alpha value is -1.36. The van der Waals surface area contributed by atoms with E-state index in [0.717, 1.165) is 51.6 Å². The van der Waals surface area contributed by atoms with Crippen molar-refractivity contribution in [1.29, 1.82) is 0 Å². The molecule has 2 N–H and O–H groups in total. The van der Waals surface area contributed by atoms with Crippen LogP contribution in [-0.4, -0.2) is 35.5 Å². The van der Waals surface area contributed by atoms with Crippen LogP contribution in [0, 0.1) is 5.92 Å². The van der Waals surface area contributed by atoms with Crippen molar-refractivity contribution in [2.75, 3.05) is 13.1 Å². The Balaban J connectivity index is 0.00000243. The second-order valence-corrected chi connectivity index (χ2v) is 7.55. The fourth-order valence-electron chi connectivity index (χ4n) is 4.11. The molecule has 1 aliphatic carbocycles. The summed E-state index contributed by atoms with van der Waals surface area (Å²) < 4.78 is 6.34. The maximum absolute atomic E-state index is 12.7. The quantitative estimate of drug-likeness (QED) is 0.768. The smallest absolute Gasteiger partial charge is 0.225 e. The summed E-state index contributed by atoms with van der Waals surface area (Å²) in [6, 6.07) is 10.5. The van der Waals surface area contributed by atoms with Gasteiger partial charge in [-0.3, -0.25) is 4.79 Å². The largest absolute Gasteiger partial charge is 0.370 e. The molecule has 0 spiro atoms.